The molecule has 1 N–H and O–H groups in total. The molecular weight excluding hydrogens is 178 g/mol. The Balaban J connectivity index is 2.37. The van der Waals surface area contributed by atoms with Crippen LogP contribution in [0.1, 0.15) is 32.6 Å². The molecule has 0 aromatic heterocycles. The van der Waals surface area contributed by atoms with Crippen LogP contribution in [0.5, 0.6) is 0 Å². The summed E-state index contributed by atoms with van der Waals surface area (Å²) < 4.78 is 0. The maximum Gasteiger partial charge on any atom is 0.0292 e. The molecule has 1 rings (SSSR count). The van der Waals surface area contributed by atoms with Gasteiger partial charge < -0.3 is 5.32 Å². The fourth-order valence-electron chi connectivity index (χ4n) is 1.71. The molecule has 0 amide bonds. The summed E-state index contributed by atoms with van der Waals surface area (Å²) in [6.07, 6.45) is 5.17. The van der Waals surface area contributed by atoms with Crippen LogP contribution in [-0.4, -0.2) is 24.1 Å². The van der Waals surface area contributed by atoms with Crippen LogP contribution in [0.15, 0.2) is 0 Å². The van der Waals surface area contributed by atoms with E-state index in [2.05, 4.69) is 36.0 Å². The van der Waals surface area contributed by atoms with Crippen molar-refractivity contribution >= 4 is 11.8 Å². The highest BCUT2D eigenvalue weighted by Crippen LogP contribution is 2.28. The van der Waals surface area contributed by atoms with Gasteiger partial charge in [0.25, 0.3) is 0 Å². The van der Waals surface area contributed by atoms with Crippen LogP contribution < -0.4 is 5.32 Å². The minimum Gasteiger partial charge on any atom is -0.315 e. The minimum atomic E-state index is 0.595. The van der Waals surface area contributed by atoms with Gasteiger partial charge in [-0.3, -0.25) is 0 Å². The van der Waals surface area contributed by atoms with E-state index in [1.165, 1.54) is 25.0 Å². The maximum atomic E-state index is 3.38. The Hall–Kier alpha value is -0.130. The molecule has 1 aliphatic rings. The molecule has 2 atom stereocenters. The molecule has 0 saturated carbocycles. The monoisotopic (exact) mass is 197 g/mol. The number of hydrogen-bond donors (Lipinski definition) is 1. The summed E-state index contributed by atoms with van der Waals surface area (Å²) in [5, 5.41) is 4.17. The predicted molar refractivity (Wildman–Crippen MR) is 61.0 cm³/mol. The van der Waals surface area contributed by atoms with Gasteiger partial charge in [-0.05, 0) is 32.6 Å². The number of hydrogen-bond acceptors (Lipinski definition) is 2. The smallest absolute Gasteiger partial charge is 0.0292 e. The second kappa shape index (κ2) is 6.34. The zero-order chi connectivity index (χ0) is 9.52. The van der Waals surface area contributed by atoms with E-state index in [1.54, 1.807) is 0 Å². The molecule has 1 nitrogen and oxygen atoms in total. The van der Waals surface area contributed by atoms with Crippen molar-refractivity contribution in [3.8, 4) is 11.8 Å². The molecule has 0 radical (unpaired) electrons. The van der Waals surface area contributed by atoms with Crippen LogP contribution in [0, 0.1) is 11.8 Å². The number of nitrogens with one attached hydrogen (secondary N) is 1. The van der Waals surface area contributed by atoms with Crippen molar-refractivity contribution in [2.45, 2.75) is 43.9 Å². The standard InChI is InChI=1S/C11H19NS/c1-3-4-7-10(12-2)11-8-5-6-9-13-11/h10-12H,5-9H2,1-2H3. The SMILES string of the molecule is CC#CCC(NC)C1CCCCS1. The second-order valence-electron chi connectivity index (χ2n) is 3.43. The molecule has 0 spiro atoms. The minimum absolute atomic E-state index is 0.595. The Labute approximate surface area is 86.1 Å². The third kappa shape index (κ3) is 3.62. The first-order valence-electron chi connectivity index (χ1n) is 5.07. The topological polar surface area (TPSA) is 12.0 Å². The third-order valence-electron chi connectivity index (χ3n) is 2.53. The van der Waals surface area contributed by atoms with Crippen molar-refractivity contribution in [2.75, 3.05) is 12.8 Å². The molecule has 2 unspecified atom stereocenters. The van der Waals surface area contributed by atoms with Gasteiger partial charge in [-0.2, -0.15) is 11.8 Å². The highest BCUT2D eigenvalue weighted by atomic mass is 32.2. The molecule has 0 aliphatic carbocycles. The van der Waals surface area contributed by atoms with Crippen molar-refractivity contribution < 1.29 is 0 Å². The predicted octanol–water partition coefficient (Wildman–Crippen LogP) is 2.27. The van der Waals surface area contributed by atoms with Crippen molar-refractivity contribution in [1.29, 1.82) is 0 Å². The lowest BCUT2D eigenvalue weighted by atomic mass is 10.0. The fraction of sp³-hybridized carbons (Fsp3) is 0.818. The quantitative estimate of drug-likeness (QED) is 0.697. The summed E-state index contributed by atoms with van der Waals surface area (Å²) in [6.45, 7) is 1.92. The molecular formula is C11H19NS. The van der Waals surface area contributed by atoms with Crippen molar-refractivity contribution in [3.05, 3.63) is 0 Å². The molecule has 0 bridgehead atoms. The van der Waals surface area contributed by atoms with Crippen molar-refractivity contribution in [2.24, 2.45) is 0 Å². The first-order valence-corrected chi connectivity index (χ1v) is 6.12. The molecule has 13 heavy (non-hydrogen) atoms. The Morgan fingerprint density at radius 1 is 1.54 bits per heavy atom. The van der Waals surface area contributed by atoms with Crippen LogP contribution in [0.25, 0.3) is 0 Å². The van der Waals surface area contributed by atoms with Gasteiger partial charge in [-0.1, -0.05) is 6.42 Å². The Morgan fingerprint density at radius 3 is 2.92 bits per heavy atom. The van der Waals surface area contributed by atoms with E-state index in [-0.39, 0.29) is 0 Å². The van der Waals surface area contributed by atoms with Gasteiger partial charge >= 0.3 is 0 Å². The highest BCUT2D eigenvalue weighted by molar-refractivity contribution is 8.00. The van der Waals surface area contributed by atoms with Gasteiger partial charge in [0, 0.05) is 17.7 Å². The Kier molecular flexibility index (Phi) is 5.34. The number of rotatable bonds is 3. The third-order valence-corrected chi connectivity index (χ3v) is 4.05. The second-order valence-corrected chi connectivity index (χ2v) is 4.78. The maximum absolute atomic E-state index is 3.38. The van der Waals surface area contributed by atoms with Gasteiger partial charge in [0.15, 0.2) is 0 Å². The summed E-state index contributed by atoms with van der Waals surface area (Å²) in [6, 6.07) is 0.595. The van der Waals surface area contributed by atoms with Crippen LogP contribution in [0.3, 0.4) is 0 Å². The van der Waals surface area contributed by atoms with E-state index in [4.69, 9.17) is 0 Å². The van der Waals surface area contributed by atoms with E-state index in [1.807, 2.05) is 6.92 Å². The van der Waals surface area contributed by atoms with E-state index >= 15 is 0 Å². The molecule has 0 aromatic carbocycles. The summed E-state index contributed by atoms with van der Waals surface area (Å²) in [5.74, 6) is 7.48. The van der Waals surface area contributed by atoms with Gasteiger partial charge in [0.2, 0.25) is 0 Å². The van der Waals surface area contributed by atoms with Crippen LogP contribution >= 0.6 is 11.8 Å². The van der Waals surface area contributed by atoms with Crippen molar-refractivity contribution in [3.63, 3.8) is 0 Å². The molecule has 1 fully saturated rings. The fourth-order valence-corrected chi connectivity index (χ4v) is 3.19. The average molecular weight is 197 g/mol. The van der Waals surface area contributed by atoms with Crippen LogP contribution in [-0.2, 0) is 0 Å². The van der Waals surface area contributed by atoms with Crippen LogP contribution in [0.4, 0.5) is 0 Å². The van der Waals surface area contributed by atoms with Gasteiger partial charge in [-0.15, -0.1) is 11.8 Å². The summed E-state index contributed by atoms with van der Waals surface area (Å²) in [5.41, 5.74) is 0. The highest BCUT2D eigenvalue weighted by Gasteiger charge is 2.21. The first kappa shape index (κ1) is 10.9. The Bertz CT molecular complexity index is 186. The van der Waals surface area contributed by atoms with Gasteiger partial charge in [0.05, 0.1) is 0 Å². The van der Waals surface area contributed by atoms with Gasteiger partial charge in [0.1, 0.15) is 0 Å². The molecule has 1 aliphatic heterocycles. The largest absolute Gasteiger partial charge is 0.315 e. The average Bonchev–Trinajstić information content (AvgIpc) is 2.21. The summed E-state index contributed by atoms with van der Waals surface area (Å²) >= 11 is 2.12. The van der Waals surface area contributed by atoms with E-state index in [9.17, 15) is 0 Å². The lowest BCUT2D eigenvalue weighted by Crippen LogP contribution is -2.36. The molecule has 2 heteroatoms. The summed E-state index contributed by atoms with van der Waals surface area (Å²) in [4.78, 5) is 0. The number of thioether (sulfide) groups is 1. The lowest BCUT2D eigenvalue weighted by Gasteiger charge is -2.28. The zero-order valence-corrected chi connectivity index (χ0v) is 9.41. The first-order chi connectivity index (χ1) is 6.38. The molecule has 0 aromatic rings. The molecule has 1 saturated heterocycles. The van der Waals surface area contributed by atoms with E-state index < -0.39 is 0 Å². The molecule has 1 heterocycles. The van der Waals surface area contributed by atoms with E-state index in [0.29, 0.717) is 6.04 Å². The van der Waals surface area contributed by atoms with Gasteiger partial charge in [-0.25, -0.2) is 0 Å². The Morgan fingerprint density at radius 2 is 2.38 bits per heavy atom. The molecule has 74 valence electrons. The normalized spacial score (nSPS) is 24.6. The lowest BCUT2D eigenvalue weighted by molar-refractivity contribution is 0.505. The zero-order valence-electron chi connectivity index (χ0n) is 8.60. The summed E-state index contributed by atoms with van der Waals surface area (Å²) in [7, 11) is 2.05. The van der Waals surface area contributed by atoms with Crippen molar-refractivity contribution in [1.82, 2.24) is 5.32 Å². The van der Waals surface area contributed by atoms with Crippen LogP contribution in [0.2, 0.25) is 0 Å². The van der Waals surface area contributed by atoms with E-state index in [0.717, 1.165) is 11.7 Å².